The van der Waals surface area contributed by atoms with Gasteiger partial charge in [-0.15, -0.1) is 0 Å². The quantitative estimate of drug-likeness (QED) is 0.310. The summed E-state index contributed by atoms with van der Waals surface area (Å²) >= 11 is 0.149. The Labute approximate surface area is 106 Å². The number of ether oxygens (including phenoxy) is 1. The van der Waals surface area contributed by atoms with Crippen molar-refractivity contribution < 1.29 is 24.5 Å². The Hall–Kier alpha value is -0.461. The van der Waals surface area contributed by atoms with E-state index in [1.165, 1.54) is 25.7 Å². The van der Waals surface area contributed by atoms with Gasteiger partial charge < -0.3 is 24.5 Å². The van der Waals surface area contributed by atoms with Crippen LogP contribution in [-0.2, 0) is 4.74 Å². The molecule has 0 aliphatic heterocycles. The van der Waals surface area contributed by atoms with E-state index in [0.717, 1.165) is 0 Å². The minimum atomic E-state index is -2.12. The number of hydrogen-bond donors (Lipinski definition) is 0. The van der Waals surface area contributed by atoms with Gasteiger partial charge in [0.1, 0.15) is 0 Å². The van der Waals surface area contributed by atoms with Gasteiger partial charge in [0.15, 0.2) is 0 Å². The summed E-state index contributed by atoms with van der Waals surface area (Å²) in [4.78, 5) is 18.1. The molecule has 0 atom stereocenters. The molecule has 16 heavy (non-hydrogen) atoms. The molecule has 0 aromatic carbocycles. The summed E-state index contributed by atoms with van der Waals surface area (Å²) in [5, 5.41) is 18.1. The van der Waals surface area contributed by atoms with Gasteiger partial charge in [0.25, 0.3) is 12.3 Å². The maximum atomic E-state index is 9.06. The Kier molecular flexibility index (Phi) is 16.3. The molecule has 92 valence electrons. The van der Waals surface area contributed by atoms with Gasteiger partial charge in [0, 0.05) is 0 Å². The van der Waals surface area contributed by atoms with Crippen LogP contribution in [0.15, 0.2) is 0 Å². The van der Waals surface area contributed by atoms with E-state index in [1.54, 1.807) is 8.87 Å². The second-order valence-corrected chi connectivity index (χ2v) is 7.34. The third-order valence-corrected chi connectivity index (χ3v) is 5.62. The number of hydrogen-bond acceptors (Lipinski definition) is 5. The Balaban J connectivity index is 0. The minimum absolute atomic E-state index is 0.149. The fourth-order valence-corrected chi connectivity index (χ4v) is 4.96. The fraction of sp³-hybridized carbons (Fsp3) is 0.800. The zero-order valence-corrected chi connectivity index (χ0v) is 12.6. The number of unbranched alkanes of at least 4 members (excludes halogenated alkanes) is 2. The van der Waals surface area contributed by atoms with Crippen molar-refractivity contribution in [2.45, 2.75) is 48.4 Å². The molecule has 0 N–H and O–H groups in total. The molecule has 0 fully saturated rings. The summed E-state index contributed by atoms with van der Waals surface area (Å²) < 4.78 is 6.11. The Morgan fingerprint density at radius 1 is 1.00 bits per heavy atom. The number of rotatable bonds is 6. The van der Waals surface area contributed by atoms with Crippen LogP contribution < -0.4 is 10.2 Å². The molecule has 0 spiro atoms. The van der Waals surface area contributed by atoms with Crippen molar-refractivity contribution in [2.75, 3.05) is 0 Å². The van der Waals surface area contributed by atoms with Crippen LogP contribution in [0.2, 0.25) is 8.87 Å². The summed E-state index contributed by atoms with van der Waals surface area (Å²) in [6, 6.07) is 0. The van der Waals surface area contributed by atoms with E-state index < -0.39 is 12.3 Å². The van der Waals surface area contributed by atoms with E-state index >= 15 is 0 Å². The van der Waals surface area contributed by atoms with Gasteiger partial charge >= 0.3 is 69.5 Å². The molecule has 0 aromatic rings. The third-order valence-electron chi connectivity index (χ3n) is 1.58. The molecule has 0 rings (SSSR count). The third kappa shape index (κ3) is 23.4. The van der Waals surface area contributed by atoms with Crippen molar-refractivity contribution >= 4 is 33.5 Å². The van der Waals surface area contributed by atoms with Gasteiger partial charge in [-0.2, -0.15) is 0 Å². The van der Waals surface area contributed by atoms with E-state index in [1.807, 2.05) is 0 Å². The number of carbonyl (C=O) groups excluding carboxylic acids is 2. The first-order valence-electron chi connectivity index (χ1n) is 5.35. The van der Waals surface area contributed by atoms with Crippen molar-refractivity contribution in [3.8, 4) is 0 Å². The molecular weight excluding hydrogens is 319 g/mol. The molecule has 6 heteroatoms. The smallest absolute Gasteiger partial charge is 0.259 e. The van der Waals surface area contributed by atoms with E-state index in [4.69, 9.17) is 19.8 Å². The predicted octanol–water partition coefficient (Wildman–Crippen LogP) is 0.817. The van der Waals surface area contributed by atoms with Crippen LogP contribution in [0.25, 0.3) is 0 Å². The van der Waals surface area contributed by atoms with Crippen LogP contribution in [0.3, 0.4) is 0 Å². The monoisotopic (exact) mass is 338 g/mol. The van der Waals surface area contributed by atoms with Gasteiger partial charge in [0.2, 0.25) is 0 Å². The maximum absolute atomic E-state index is 9.06. The molecule has 0 aromatic heterocycles. The van der Waals surface area contributed by atoms with Gasteiger partial charge in [0.05, 0.1) is 0 Å². The molecule has 0 amide bonds. The van der Waals surface area contributed by atoms with Crippen molar-refractivity contribution in [2.24, 2.45) is 0 Å². The minimum Gasteiger partial charge on any atom is -0.483 e. The van der Waals surface area contributed by atoms with Crippen molar-refractivity contribution in [3.63, 3.8) is 0 Å². The van der Waals surface area contributed by atoms with Gasteiger partial charge in [-0.25, -0.2) is 0 Å². The standard InChI is InChI=1S/2C4H9.C2H2O5.Sn/c2*1-3-4-2;3-1(4)7-2(5)6;/h2*1,3-4H2,2H3;(H,3,4)(H,5,6);/q;;;+2/p-2. The summed E-state index contributed by atoms with van der Waals surface area (Å²) in [5.41, 5.74) is 0. The molecule has 0 heterocycles. The van der Waals surface area contributed by atoms with Crippen LogP contribution in [0.4, 0.5) is 9.59 Å². The first-order chi connectivity index (χ1) is 7.54. The van der Waals surface area contributed by atoms with Crippen LogP contribution >= 0.6 is 0 Å². The number of carbonyl (C=O) groups is 2. The molecular formula is C10H18O5Sn. The van der Waals surface area contributed by atoms with E-state index in [-0.39, 0.29) is 21.1 Å². The second-order valence-electron chi connectivity index (χ2n) is 3.06. The molecule has 0 aliphatic carbocycles. The SMILES string of the molecule is CCC[CH2][Sn+2][CH2]CCC.O=C([O-])OC(=O)[O-]. The zero-order chi connectivity index (χ0) is 12.8. The fourth-order valence-electron chi connectivity index (χ4n) is 0.797. The van der Waals surface area contributed by atoms with Crippen molar-refractivity contribution in [1.82, 2.24) is 0 Å². The molecule has 0 radical (unpaired) electrons. The van der Waals surface area contributed by atoms with Gasteiger partial charge in [-0.1, -0.05) is 0 Å². The van der Waals surface area contributed by atoms with Crippen LogP contribution in [0, 0.1) is 0 Å². The van der Waals surface area contributed by atoms with E-state index in [0.29, 0.717) is 0 Å². The predicted molar refractivity (Wildman–Crippen MR) is 57.1 cm³/mol. The first kappa shape index (κ1) is 17.9. The van der Waals surface area contributed by atoms with Crippen molar-refractivity contribution in [1.29, 1.82) is 0 Å². The molecule has 0 bridgehead atoms. The van der Waals surface area contributed by atoms with Crippen molar-refractivity contribution in [3.05, 3.63) is 0 Å². The first-order valence-corrected chi connectivity index (χ1v) is 9.38. The average Bonchev–Trinajstić information content (AvgIpc) is 2.16. The summed E-state index contributed by atoms with van der Waals surface area (Å²) in [6.07, 6.45) is 1.59. The molecule has 5 nitrogen and oxygen atoms in total. The maximum Gasteiger partial charge on any atom is 0.259 e. The number of carboxylic acid groups (broad SMARTS) is 2. The van der Waals surface area contributed by atoms with Gasteiger partial charge in [-0.3, -0.25) is 0 Å². The van der Waals surface area contributed by atoms with Crippen LogP contribution in [0.5, 0.6) is 0 Å². The summed E-state index contributed by atoms with van der Waals surface area (Å²) in [6.45, 7) is 4.58. The Morgan fingerprint density at radius 3 is 1.56 bits per heavy atom. The van der Waals surface area contributed by atoms with Crippen LogP contribution in [-0.4, -0.2) is 33.5 Å². The molecule has 0 saturated heterocycles. The van der Waals surface area contributed by atoms with E-state index in [2.05, 4.69) is 18.6 Å². The largest absolute Gasteiger partial charge is 0.483 e. The molecule has 0 unspecified atom stereocenters. The van der Waals surface area contributed by atoms with Crippen LogP contribution in [0.1, 0.15) is 39.5 Å². The summed E-state index contributed by atoms with van der Waals surface area (Å²) in [7, 11) is 0. The summed E-state index contributed by atoms with van der Waals surface area (Å²) in [5.74, 6) is 0. The zero-order valence-electron chi connectivity index (χ0n) is 9.78. The Bertz CT molecular complexity index is 166. The van der Waals surface area contributed by atoms with E-state index in [9.17, 15) is 0 Å². The average molecular weight is 337 g/mol. The molecule has 0 aliphatic rings. The topological polar surface area (TPSA) is 89.5 Å². The normalized spacial score (nSPS) is 8.38. The second kappa shape index (κ2) is 14.5. The molecule has 0 saturated carbocycles. The van der Waals surface area contributed by atoms with Gasteiger partial charge in [-0.05, 0) is 0 Å². The Morgan fingerprint density at radius 2 is 1.38 bits per heavy atom.